The molecule has 0 fully saturated rings. The second kappa shape index (κ2) is 5.08. The van der Waals surface area contributed by atoms with E-state index in [1.54, 1.807) is 6.20 Å². The van der Waals surface area contributed by atoms with E-state index in [-0.39, 0.29) is 0 Å². The van der Waals surface area contributed by atoms with E-state index in [1.807, 2.05) is 38.1 Å². The van der Waals surface area contributed by atoms with E-state index < -0.39 is 0 Å². The van der Waals surface area contributed by atoms with Gasteiger partial charge >= 0.3 is 0 Å². The maximum Gasteiger partial charge on any atom is 0.198 e. The van der Waals surface area contributed by atoms with Gasteiger partial charge in [0.05, 0.1) is 0 Å². The van der Waals surface area contributed by atoms with Gasteiger partial charge in [-0.3, -0.25) is 0 Å². The van der Waals surface area contributed by atoms with Crippen molar-refractivity contribution in [3.05, 3.63) is 48.4 Å². The first-order chi connectivity index (χ1) is 9.72. The fourth-order valence-corrected chi connectivity index (χ4v) is 1.72. The Bertz CT molecular complexity index is 817. The molecule has 4 aromatic rings. The number of hydrogen-bond acceptors (Lipinski definition) is 6. The Kier molecular flexibility index (Phi) is 3.12. The molecule has 0 spiro atoms. The Hall–Kier alpha value is -2.76. The number of aryl methyl sites for hydroxylation is 2. The molecule has 0 atom stereocenters. The zero-order valence-corrected chi connectivity index (χ0v) is 11.1. The number of fused-ring (bicyclic) bond motifs is 2. The smallest absolute Gasteiger partial charge is 0.198 e. The van der Waals surface area contributed by atoms with Gasteiger partial charge in [-0.05, 0) is 31.2 Å². The van der Waals surface area contributed by atoms with Crippen LogP contribution in [-0.2, 0) is 0 Å². The number of pyridine rings is 2. The van der Waals surface area contributed by atoms with Gasteiger partial charge in [-0.25, -0.2) is 9.97 Å². The zero-order valence-electron chi connectivity index (χ0n) is 11.1. The van der Waals surface area contributed by atoms with Gasteiger partial charge in [-0.2, -0.15) is 9.97 Å². The molecule has 0 unspecified atom stereocenters. The second-order valence-electron chi connectivity index (χ2n) is 4.18. The van der Waals surface area contributed by atoms with Gasteiger partial charge in [0.15, 0.2) is 34.7 Å². The topological polar surface area (TPSA) is 77.8 Å². The van der Waals surface area contributed by atoms with E-state index in [4.69, 9.17) is 8.83 Å². The van der Waals surface area contributed by atoms with Crippen molar-refractivity contribution in [1.82, 2.24) is 19.9 Å². The predicted molar refractivity (Wildman–Crippen MR) is 73.1 cm³/mol. The maximum atomic E-state index is 5.19. The van der Waals surface area contributed by atoms with Crippen molar-refractivity contribution in [3.63, 3.8) is 0 Å². The third-order valence-electron chi connectivity index (χ3n) is 2.61. The van der Waals surface area contributed by atoms with E-state index in [9.17, 15) is 0 Å². The van der Waals surface area contributed by atoms with Crippen LogP contribution >= 0.6 is 0 Å². The highest BCUT2D eigenvalue weighted by atomic mass is 16.3. The Morgan fingerprint density at radius 1 is 0.900 bits per heavy atom. The minimum Gasteiger partial charge on any atom is -0.442 e. The molecule has 0 N–H and O–H groups in total. The lowest BCUT2D eigenvalue weighted by Gasteiger charge is -1.86. The molecule has 0 saturated carbocycles. The summed E-state index contributed by atoms with van der Waals surface area (Å²) in [6, 6.07) is 7.44. The highest BCUT2D eigenvalue weighted by Crippen LogP contribution is 2.10. The summed E-state index contributed by atoms with van der Waals surface area (Å²) in [6.45, 7) is 3.73. The fourth-order valence-electron chi connectivity index (χ4n) is 1.72. The molecule has 100 valence electrons. The van der Waals surface area contributed by atoms with Crippen LogP contribution in [0.3, 0.4) is 0 Å². The third-order valence-corrected chi connectivity index (χ3v) is 2.61. The van der Waals surface area contributed by atoms with Gasteiger partial charge in [-0.1, -0.05) is 0 Å². The molecule has 4 rings (SSSR count). The first-order valence-electron chi connectivity index (χ1n) is 6.07. The largest absolute Gasteiger partial charge is 0.442 e. The van der Waals surface area contributed by atoms with Gasteiger partial charge in [0, 0.05) is 18.8 Å². The van der Waals surface area contributed by atoms with E-state index >= 15 is 0 Å². The lowest BCUT2D eigenvalue weighted by Crippen LogP contribution is -1.79. The van der Waals surface area contributed by atoms with Crippen molar-refractivity contribution in [1.29, 1.82) is 0 Å². The Balaban J connectivity index is 0.000000121. The average Bonchev–Trinajstić information content (AvgIpc) is 3.03. The Morgan fingerprint density at radius 3 is 2.60 bits per heavy atom. The van der Waals surface area contributed by atoms with Crippen molar-refractivity contribution in [2.24, 2.45) is 0 Å². The molecule has 0 aliphatic rings. The van der Waals surface area contributed by atoms with E-state index in [0.717, 1.165) is 16.9 Å². The van der Waals surface area contributed by atoms with E-state index in [0.29, 0.717) is 17.2 Å². The van der Waals surface area contributed by atoms with Crippen LogP contribution < -0.4 is 0 Å². The first kappa shape index (κ1) is 12.3. The number of rotatable bonds is 0. The molecular weight excluding hydrogens is 256 g/mol. The maximum absolute atomic E-state index is 5.19. The van der Waals surface area contributed by atoms with Gasteiger partial charge in [-0.15, -0.1) is 0 Å². The highest BCUT2D eigenvalue weighted by molar-refractivity contribution is 5.67. The van der Waals surface area contributed by atoms with Crippen molar-refractivity contribution < 1.29 is 8.83 Å². The van der Waals surface area contributed by atoms with Crippen LogP contribution in [0, 0.1) is 13.8 Å². The van der Waals surface area contributed by atoms with Gasteiger partial charge in [0.2, 0.25) is 0 Å². The van der Waals surface area contributed by atoms with Gasteiger partial charge in [0.25, 0.3) is 0 Å². The second-order valence-corrected chi connectivity index (χ2v) is 4.18. The SMILES string of the molecule is Cc1ccc2ocnc2n1.Cc1nc2ncccc2o1. The van der Waals surface area contributed by atoms with Crippen LogP contribution in [-0.4, -0.2) is 19.9 Å². The summed E-state index contributed by atoms with van der Waals surface area (Å²) < 4.78 is 10.2. The Labute approximate surface area is 114 Å². The molecule has 0 saturated heterocycles. The normalized spacial score (nSPS) is 10.5. The third kappa shape index (κ3) is 2.49. The predicted octanol–water partition coefficient (Wildman–Crippen LogP) is 3.06. The molecular formula is C14H12N4O2. The monoisotopic (exact) mass is 268 g/mol. The molecule has 4 aromatic heterocycles. The molecule has 0 radical (unpaired) electrons. The molecule has 0 aliphatic heterocycles. The minimum absolute atomic E-state index is 0.661. The van der Waals surface area contributed by atoms with Crippen LogP contribution in [0.1, 0.15) is 11.6 Å². The molecule has 0 aromatic carbocycles. The molecule has 6 heteroatoms. The zero-order chi connectivity index (χ0) is 13.9. The summed E-state index contributed by atoms with van der Waals surface area (Å²) >= 11 is 0. The molecule has 0 amide bonds. The molecule has 0 bridgehead atoms. The molecule has 4 heterocycles. The first-order valence-corrected chi connectivity index (χ1v) is 6.07. The van der Waals surface area contributed by atoms with Crippen LogP contribution in [0.15, 0.2) is 45.7 Å². The number of hydrogen-bond donors (Lipinski definition) is 0. The molecule has 6 nitrogen and oxygen atoms in total. The molecule has 20 heavy (non-hydrogen) atoms. The standard InChI is InChI=1S/2C7H6N2O/c1-5-2-3-6-7(9-5)8-4-10-6;1-5-9-7-6(10-5)3-2-4-8-7/h2*2-4H,1H3. The van der Waals surface area contributed by atoms with Gasteiger partial charge < -0.3 is 8.83 Å². The van der Waals surface area contributed by atoms with E-state index in [2.05, 4.69) is 19.9 Å². The van der Waals surface area contributed by atoms with Crippen molar-refractivity contribution in [2.45, 2.75) is 13.8 Å². The summed E-state index contributed by atoms with van der Waals surface area (Å²) in [5.74, 6) is 0.661. The average molecular weight is 268 g/mol. The van der Waals surface area contributed by atoms with Crippen LogP contribution in [0.5, 0.6) is 0 Å². The van der Waals surface area contributed by atoms with E-state index in [1.165, 1.54) is 6.39 Å². The fraction of sp³-hybridized carbons (Fsp3) is 0.143. The van der Waals surface area contributed by atoms with Crippen LogP contribution in [0.25, 0.3) is 22.5 Å². The Morgan fingerprint density at radius 2 is 1.75 bits per heavy atom. The number of aromatic nitrogens is 4. The summed E-state index contributed by atoms with van der Waals surface area (Å²) in [6.07, 6.45) is 3.10. The lowest BCUT2D eigenvalue weighted by atomic mass is 10.4. The van der Waals surface area contributed by atoms with Crippen LogP contribution in [0.4, 0.5) is 0 Å². The van der Waals surface area contributed by atoms with Crippen molar-refractivity contribution in [2.75, 3.05) is 0 Å². The van der Waals surface area contributed by atoms with Crippen molar-refractivity contribution in [3.8, 4) is 0 Å². The summed E-state index contributed by atoms with van der Waals surface area (Å²) in [5.41, 5.74) is 3.81. The summed E-state index contributed by atoms with van der Waals surface area (Å²) in [7, 11) is 0. The highest BCUT2D eigenvalue weighted by Gasteiger charge is 1.99. The minimum atomic E-state index is 0.661. The molecule has 0 aliphatic carbocycles. The van der Waals surface area contributed by atoms with Crippen molar-refractivity contribution >= 4 is 22.5 Å². The number of nitrogens with zero attached hydrogens (tertiary/aromatic N) is 4. The quantitative estimate of drug-likeness (QED) is 0.487. The van der Waals surface area contributed by atoms with Gasteiger partial charge in [0.1, 0.15) is 0 Å². The summed E-state index contributed by atoms with van der Waals surface area (Å²) in [4.78, 5) is 16.1. The summed E-state index contributed by atoms with van der Waals surface area (Å²) in [5, 5.41) is 0. The number of oxazole rings is 2. The lowest BCUT2D eigenvalue weighted by molar-refractivity contribution is 0.561. The van der Waals surface area contributed by atoms with Crippen LogP contribution in [0.2, 0.25) is 0 Å².